The molecule has 0 spiro atoms. The standard InChI is InChI=1S/C17H16/c1-3-15-10-7-11-17(13-15)14(2)12-16-8-5-4-6-9-16/h3-13H,1H2,2H3/b14-12+. The minimum atomic E-state index is 1.16. The zero-order valence-corrected chi connectivity index (χ0v) is 10.1. The number of hydrogen-bond donors (Lipinski definition) is 0. The molecule has 0 aliphatic rings. The van der Waals surface area contributed by atoms with E-state index >= 15 is 0 Å². The van der Waals surface area contributed by atoms with E-state index in [0.717, 1.165) is 5.56 Å². The van der Waals surface area contributed by atoms with E-state index in [1.165, 1.54) is 16.7 Å². The van der Waals surface area contributed by atoms with Gasteiger partial charge in [0.25, 0.3) is 0 Å². The summed E-state index contributed by atoms with van der Waals surface area (Å²) >= 11 is 0. The first kappa shape index (κ1) is 11.4. The van der Waals surface area contributed by atoms with Crippen LogP contribution in [0.3, 0.4) is 0 Å². The van der Waals surface area contributed by atoms with Gasteiger partial charge in [0, 0.05) is 0 Å². The summed E-state index contributed by atoms with van der Waals surface area (Å²) in [5.74, 6) is 0. The number of rotatable bonds is 3. The average Bonchev–Trinajstić information content (AvgIpc) is 2.40. The minimum absolute atomic E-state index is 1.16. The Morgan fingerprint density at radius 2 is 1.65 bits per heavy atom. The van der Waals surface area contributed by atoms with Crippen LogP contribution >= 0.6 is 0 Å². The van der Waals surface area contributed by atoms with Gasteiger partial charge in [-0.05, 0) is 35.3 Å². The first-order chi connectivity index (χ1) is 8.29. The van der Waals surface area contributed by atoms with Crippen LogP contribution in [0.15, 0.2) is 61.2 Å². The molecule has 0 heteroatoms. The van der Waals surface area contributed by atoms with Gasteiger partial charge in [0.1, 0.15) is 0 Å². The molecule has 17 heavy (non-hydrogen) atoms. The topological polar surface area (TPSA) is 0 Å². The monoisotopic (exact) mass is 220 g/mol. The van der Waals surface area contributed by atoms with Crippen molar-refractivity contribution in [3.05, 3.63) is 77.9 Å². The van der Waals surface area contributed by atoms with Crippen molar-refractivity contribution < 1.29 is 0 Å². The van der Waals surface area contributed by atoms with Crippen LogP contribution in [0.4, 0.5) is 0 Å². The second-order valence-electron chi connectivity index (χ2n) is 4.07. The fourth-order valence-electron chi connectivity index (χ4n) is 1.79. The van der Waals surface area contributed by atoms with Crippen LogP contribution in [0.1, 0.15) is 23.6 Å². The van der Waals surface area contributed by atoms with Crippen molar-refractivity contribution in [2.24, 2.45) is 0 Å². The van der Waals surface area contributed by atoms with Crippen LogP contribution in [-0.2, 0) is 0 Å². The molecule has 0 nitrogen and oxygen atoms in total. The van der Waals surface area contributed by atoms with E-state index in [-0.39, 0.29) is 0 Å². The van der Waals surface area contributed by atoms with E-state index < -0.39 is 0 Å². The predicted octanol–water partition coefficient (Wildman–Crippen LogP) is 4.89. The Hall–Kier alpha value is -2.08. The Morgan fingerprint density at radius 3 is 2.35 bits per heavy atom. The summed E-state index contributed by atoms with van der Waals surface area (Å²) in [6.07, 6.45) is 4.07. The highest BCUT2D eigenvalue weighted by Gasteiger charge is 1.96. The molecule has 0 saturated carbocycles. The van der Waals surface area contributed by atoms with Crippen molar-refractivity contribution in [1.82, 2.24) is 0 Å². The van der Waals surface area contributed by atoms with Gasteiger partial charge < -0.3 is 0 Å². The summed E-state index contributed by atoms with van der Waals surface area (Å²) in [6, 6.07) is 18.8. The van der Waals surface area contributed by atoms with Gasteiger partial charge in [-0.1, -0.05) is 67.3 Å². The van der Waals surface area contributed by atoms with Crippen molar-refractivity contribution in [1.29, 1.82) is 0 Å². The molecule has 0 N–H and O–H groups in total. The highest BCUT2D eigenvalue weighted by molar-refractivity contribution is 5.80. The number of allylic oxidation sites excluding steroid dienone is 1. The van der Waals surface area contributed by atoms with E-state index in [1.54, 1.807) is 0 Å². The van der Waals surface area contributed by atoms with Gasteiger partial charge in [-0.2, -0.15) is 0 Å². The molecule has 0 aliphatic carbocycles. The summed E-state index contributed by atoms with van der Waals surface area (Å²) in [5, 5.41) is 0. The lowest BCUT2D eigenvalue weighted by molar-refractivity contribution is 1.55. The molecular formula is C17H16. The second-order valence-corrected chi connectivity index (χ2v) is 4.07. The first-order valence-electron chi connectivity index (χ1n) is 5.76. The lowest BCUT2D eigenvalue weighted by Gasteiger charge is -2.03. The van der Waals surface area contributed by atoms with Crippen molar-refractivity contribution in [2.45, 2.75) is 6.92 Å². The van der Waals surface area contributed by atoms with Crippen LogP contribution in [0.2, 0.25) is 0 Å². The van der Waals surface area contributed by atoms with Crippen molar-refractivity contribution in [3.63, 3.8) is 0 Å². The van der Waals surface area contributed by atoms with Crippen molar-refractivity contribution >= 4 is 17.7 Å². The van der Waals surface area contributed by atoms with E-state index in [2.05, 4.69) is 68.1 Å². The smallest absolute Gasteiger partial charge is 0.0221 e. The van der Waals surface area contributed by atoms with Gasteiger partial charge in [-0.25, -0.2) is 0 Å². The van der Waals surface area contributed by atoms with E-state index in [1.807, 2.05) is 12.1 Å². The lowest BCUT2D eigenvalue weighted by Crippen LogP contribution is -1.81. The summed E-state index contributed by atoms with van der Waals surface area (Å²) in [7, 11) is 0. The second kappa shape index (κ2) is 5.31. The quantitative estimate of drug-likeness (QED) is 0.646. The molecule has 0 saturated heterocycles. The van der Waals surface area contributed by atoms with E-state index in [9.17, 15) is 0 Å². The Morgan fingerprint density at radius 1 is 0.941 bits per heavy atom. The van der Waals surface area contributed by atoms with E-state index in [0.29, 0.717) is 0 Å². The Kier molecular flexibility index (Phi) is 3.56. The number of benzene rings is 2. The third kappa shape index (κ3) is 2.94. The van der Waals surface area contributed by atoms with Gasteiger partial charge in [-0.3, -0.25) is 0 Å². The SMILES string of the molecule is C=Cc1cccc(/C(C)=C/c2ccccc2)c1. The molecule has 0 amide bonds. The molecule has 0 aliphatic heterocycles. The molecule has 2 aromatic carbocycles. The molecule has 0 fully saturated rings. The molecule has 0 atom stereocenters. The highest BCUT2D eigenvalue weighted by Crippen LogP contribution is 2.19. The van der Waals surface area contributed by atoms with Crippen LogP contribution < -0.4 is 0 Å². The molecule has 0 bridgehead atoms. The van der Waals surface area contributed by atoms with Crippen molar-refractivity contribution in [2.75, 3.05) is 0 Å². The molecule has 0 unspecified atom stereocenters. The average molecular weight is 220 g/mol. The van der Waals surface area contributed by atoms with Crippen LogP contribution in [-0.4, -0.2) is 0 Å². The largest absolute Gasteiger partial charge is 0.0985 e. The van der Waals surface area contributed by atoms with Gasteiger partial charge >= 0.3 is 0 Å². The third-order valence-electron chi connectivity index (χ3n) is 2.76. The number of hydrogen-bond acceptors (Lipinski definition) is 0. The van der Waals surface area contributed by atoms with Crippen LogP contribution in [0, 0.1) is 0 Å². The van der Waals surface area contributed by atoms with Gasteiger partial charge in [-0.15, -0.1) is 0 Å². The molecule has 0 radical (unpaired) electrons. The molecule has 84 valence electrons. The Bertz CT molecular complexity index is 533. The summed E-state index contributed by atoms with van der Waals surface area (Å²) < 4.78 is 0. The van der Waals surface area contributed by atoms with E-state index in [4.69, 9.17) is 0 Å². The minimum Gasteiger partial charge on any atom is -0.0985 e. The molecule has 0 heterocycles. The summed E-state index contributed by atoms with van der Waals surface area (Å²) in [6.45, 7) is 5.93. The fourth-order valence-corrected chi connectivity index (χ4v) is 1.79. The van der Waals surface area contributed by atoms with Crippen molar-refractivity contribution in [3.8, 4) is 0 Å². The maximum Gasteiger partial charge on any atom is -0.0221 e. The zero-order chi connectivity index (χ0) is 12.1. The fraction of sp³-hybridized carbons (Fsp3) is 0.0588. The predicted molar refractivity (Wildman–Crippen MR) is 76.5 cm³/mol. The lowest BCUT2D eigenvalue weighted by atomic mass is 10.0. The molecule has 2 rings (SSSR count). The van der Waals surface area contributed by atoms with Crippen LogP contribution in [0.25, 0.3) is 17.7 Å². The molecular weight excluding hydrogens is 204 g/mol. The van der Waals surface area contributed by atoms with Gasteiger partial charge in [0.2, 0.25) is 0 Å². The maximum absolute atomic E-state index is 3.80. The maximum atomic E-state index is 3.80. The zero-order valence-electron chi connectivity index (χ0n) is 10.1. The van der Waals surface area contributed by atoms with Gasteiger partial charge in [0.05, 0.1) is 0 Å². The Balaban J connectivity index is 2.33. The van der Waals surface area contributed by atoms with Crippen LogP contribution in [0.5, 0.6) is 0 Å². The summed E-state index contributed by atoms with van der Waals surface area (Å²) in [5.41, 5.74) is 4.89. The Labute approximate surface area is 103 Å². The van der Waals surface area contributed by atoms with Gasteiger partial charge in [0.15, 0.2) is 0 Å². The normalized spacial score (nSPS) is 11.2. The third-order valence-corrected chi connectivity index (χ3v) is 2.76. The molecule has 2 aromatic rings. The summed E-state index contributed by atoms with van der Waals surface area (Å²) in [4.78, 5) is 0. The molecule has 0 aromatic heterocycles. The first-order valence-corrected chi connectivity index (χ1v) is 5.76. The highest BCUT2D eigenvalue weighted by atomic mass is 14.0.